The number of hydrogen-bond acceptors (Lipinski definition) is 6. The number of amides is 1. The number of rotatable bonds is 8. The first kappa shape index (κ1) is 24.3. The lowest BCUT2D eigenvalue weighted by Gasteiger charge is -2.23. The van der Waals surface area contributed by atoms with Crippen LogP contribution >= 0.6 is 22.6 Å². The minimum atomic E-state index is -4.44. The summed E-state index contributed by atoms with van der Waals surface area (Å²) in [4.78, 5) is 22.8. The highest BCUT2D eigenvalue weighted by molar-refractivity contribution is 14.1. The molecule has 0 bridgehead atoms. The molecule has 9 nitrogen and oxygen atoms in total. The summed E-state index contributed by atoms with van der Waals surface area (Å²) >= 11 is 2.16. The SMILES string of the molecule is C/C(=N/NC(=O)CN(c1ccccc1)S(=O)(=O)c1ccccc1[N+](=O)[O-])c1cccc(I)c1. The summed E-state index contributed by atoms with van der Waals surface area (Å²) in [7, 11) is -4.44. The molecule has 170 valence electrons. The molecule has 0 spiro atoms. The molecule has 0 aliphatic rings. The van der Waals surface area contributed by atoms with E-state index in [1.807, 2.05) is 24.3 Å². The fourth-order valence-electron chi connectivity index (χ4n) is 2.94. The van der Waals surface area contributed by atoms with Crippen molar-refractivity contribution in [3.63, 3.8) is 0 Å². The number of nitro groups is 1. The largest absolute Gasteiger partial charge is 0.289 e. The van der Waals surface area contributed by atoms with Crippen molar-refractivity contribution in [2.24, 2.45) is 5.10 Å². The Hall–Kier alpha value is -3.32. The normalized spacial score (nSPS) is 11.6. The number of para-hydroxylation sites is 2. The Balaban J connectivity index is 1.92. The van der Waals surface area contributed by atoms with Gasteiger partial charge >= 0.3 is 0 Å². The standard InChI is InChI=1S/C22H19IN4O5S/c1-16(17-8-7-9-18(23)14-17)24-25-22(28)15-26(19-10-3-2-4-11-19)33(31,32)21-13-6-5-12-20(21)27(29)30/h2-14H,15H2,1H3,(H,25,28)/b24-16-. The zero-order valence-corrected chi connectivity index (χ0v) is 20.4. The monoisotopic (exact) mass is 578 g/mol. The van der Waals surface area contributed by atoms with Gasteiger partial charge in [-0.05, 0) is 65.4 Å². The number of sulfonamides is 1. The third-order valence-corrected chi connectivity index (χ3v) is 7.04. The third kappa shape index (κ3) is 5.93. The van der Waals surface area contributed by atoms with Gasteiger partial charge in [0.25, 0.3) is 21.6 Å². The summed E-state index contributed by atoms with van der Waals surface area (Å²) < 4.78 is 28.6. The van der Waals surface area contributed by atoms with Crippen molar-refractivity contribution < 1.29 is 18.1 Å². The smallest absolute Gasteiger partial charge is 0.271 e. The number of nitrogens with zero attached hydrogens (tertiary/aromatic N) is 3. The number of nitrogens with one attached hydrogen (secondary N) is 1. The maximum absolute atomic E-state index is 13.4. The lowest BCUT2D eigenvalue weighted by Crippen LogP contribution is -2.40. The van der Waals surface area contributed by atoms with Crippen molar-refractivity contribution in [2.75, 3.05) is 10.8 Å². The number of carbonyl (C=O) groups excluding carboxylic acids is 1. The molecule has 0 unspecified atom stereocenters. The predicted molar refractivity (Wildman–Crippen MR) is 134 cm³/mol. The average molecular weight is 578 g/mol. The van der Waals surface area contributed by atoms with Crippen LogP contribution < -0.4 is 9.73 Å². The van der Waals surface area contributed by atoms with E-state index in [2.05, 4.69) is 33.1 Å². The molecular formula is C22H19IN4O5S. The number of benzene rings is 3. The van der Waals surface area contributed by atoms with E-state index in [1.165, 1.54) is 24.3 Å². The fourth-order valence-corrected chi connectivity index (χ4v) is 5.07. The lowest BCUT2D eigenvalue weighted by atomic mass is 10.1. The number of halogens is 1. The van der Waals surface area contributed by atoms with E-state index < -0.39 is 38.0 Å². The molecule has 0 aromatic heterocycles. The fraction of sp³-hybridized carbons (Fsp3) is 0.0909. The van der Waals surface area contributed by atoms with Gasteiger partial charge in [-0.3, -0.25) is 19.2 Å². The van der Waals surface area contributed by atoms with Gasteiger partial charge in [-0.2, -0.15) is 5.10 Å². The summed E-state index contributed by atoms with van der Waals surface area (Å²) in [5.74, 6) is -0.703. The van der Waals surface area contributed by atoms with E-state index in [0.29, 0.717) is 5.71 Å². The van der Waals surface area contributed by atoms with Gasteiger partial charge in [0.05, 0.1) is 16.3 Å². The zero-order chi connectivity index (χ0) is 24.0. The van der Waals surface area contributed by atoms with Crippen molar-refractivity contribution in [3.05, 3.63) is 98.1 Å². The number of hydrogen-bond donors (Lipinski definition) is 1. The second-order valence-corrected chi connectivity index (χ2v) is 9.89. The van der Waals surface area contributed by atoms with Crippen LogP contribution in [0.1, 0.15) is 12.5 Å². The molecule has 3 rings (SSSR count). The van der Waals surface area contributed by atoms with Crippen LogP contribution in [-0.4, -0.2) is 31.5 Å². The van der Waals surface area contributed by atoms with E-state index in [1.54, 1.807) is 25.1 Å². The van der Waals surface area contributed by atoms with Crippen LogP contribution in [0.3, 0.4) is 0 Å². The second kappa shape index (κ2) is 10.5. The Morgan fingerprint density at radius 3 is 2.39 bits per heavy atom. The molecular weight excluding hydrogens is 559 g/mol. The molecule has 3 aromatic rings. The van der Waals surface area contributed by atoms with E-state index >= 15 is 0 Å². The summed E-state index contributed by atoms with van der Waals surface area (Å²) in [6.45, 7) is 1.09. The van der Waals surface area contributed by atoms with Crippen LogP contribution in [0.2, 0.25) is 0 Å². The molecule has 0 heterocycles. The van der Waals surface area contributed by atoms with Gasteiger partial charge in [-0.25, -0.2) is 13.8 Å². The maximum atomic E-state index is 13.4. The molecule has 0 radical (unpaired) electrons. The number of nitro benzene ring substituents is 1. The minimum Gasteiger partial charge on any atom is -0.271 e. The van der Waals surface area contributed by atoms with Crippen LogP contribution in [0.15, 0.2) is 88.9 Å². The van der Waals surface area contributed by atoms with E-state index in [-0.39, 0.29) is 5.69 Å². The van der Waals surface area contributed by atoms with E-state index in [0.717, 1.165) is 25.6 Å². The van der Waals surface area contributed by atoms with Gasteiger partial charge in [0.15, 0.2) is 4.90 Å². The summed E-state index contributed by atoms with van der Waals surface area (Å²) in [5, 5.41) is 15.5. The van der Waals surface area contributed by atoms with Gasteiger partial charge in [0, 0.05) is 9.64 Å². The topological polar surface area (TPSA) is 122 Å². The van der Waals surface area contributed by atoms with Crippen molar-refractivity contribution in [2.45, 2.75) is 11.8 Å². The summed E-state index contributed by atoms with van der Waals surface area (Å²) in [6.07, 6.45) is 0. The number of anilines is 1. The first-order chi connectivity index (χ1) is 15.7. The van der Waals surface area contributed by atoms with Crippen molar-refractivity contribution in [1.82, 2.24) is 5.43 Å². The molecule has 0 atom stereocenters. The summed E-state index contributed by atoms with van der Waals surface area (Å²) in [5.41, 5.74) is 3.31. The molecule has 1 amide bonds. The van der Waals surface area contributed by atoms with Crippen molar-refractivity contribution in [1.29, 1.82) is 0 Å². The maximum Gasteiger partial charge on any atom is 0.289 e. The Bertz CT molecular complexity index is 1310. The minimum absolute atomic E-state index is 0.184. The van der Waals surface area contributed by atoms with Gasteiger partial charge in [-0.15, -0.1) is 0 Å². The lowest BCUT2D eigenvalue weighted by molar-refractivity contribution is -0.387. The highest BCUT2D eigenvalue weighted by Crippen LogP contribution is 2.29. The molecule has 0 fully saturated rings. The second-order valence-electron chi connectivity index (χ2n) is 6.81. The zero-order valence-electron chi connectivity index (χ0n) is 17.4. The van der Waals surface area contributed by atoms with Gasteiger partial charge in [0.1, 0.15) is 6.54 Å². The third-order valence-electron chi connectivity index (χ3n) is 4.55. The predicted octanol–water partition coefficient (Wildman–Crippen LogP) is 3.94. The van der Waals surface area contributed by atoms with Crippen LogP contribution in [0.5, 0.6) is 0 Å². The van der Waals surface area contributed by atoms with Crippen LogP contribution in [0, 0.1) is 13.7 Å². The molecule has 0 aliphatic heterocycles. The van der Waals surface area contributed by atoms with Gasteiger partial charge in [-0.1, -0.05) is 42.5 Å². The molecule has 3 aromatic carbocycles. The van der Waals surface area contributed by atoms with Gasteiger partial charge in [0.2, 0.25) is 0 Å². The van der Waals surface area contributed by atoms with E-state index in [4.69, 9.17) is 0 Å². The van der Waals surface area contributed by atoms with Crippen molar-refractivity contribution >= 4 is 55.6 Å². The molecule has 0 aliphatic carbocycles. The molecule has 0 saturated carbocycles. The highest BCUT2D eigenvalue weighted by Gasteiger charge is 2.33. The first-order valence-corrected chi connectivity index (χ1v) is 12.1. The number of hydrazone groups is 1. The van der Waals surface area contributed by atoms with Crippen LogP contribution in [0.25, 0.3) is 0 Å². The number of carbonyl (C=O) groups is 1. The quantitative estimate of drug-likeness (QED) is 0.188. The van der Waals surface area contributed by atoms with Crippen LogP contribution in [-0.2, 0) is 14.8 Å². The first-order valence-electron chi connectivity index (χ1n) is 9.60. The van der Waals surface area contributed by atoms with E-state index in [9.17, 15) is 23.3 Å². The van der Waals surface area contributed by atoms with Crippen LogP contribution in [0.4, 0.5) is 11.4 Å². The Morgan fingerprint density at radius 1 is 1.06 bits per heavy atom. The Morgan fingerprint density at radius 2 is 1.73 bits per heavy atom. The average Bonchev–Trinajstić information content (AvgIpc) is 2.81. The summed E-state index contributed by atoms with van der Waals surface area (Å²) in [6, 6.07) is 20.4. The van der Waals surface area contributed by atoms with Gasteiger partial charge < -0.3 is 0 Å². The molecule has 11 heteroatoms. The molecule has 33 heavy (non-hydrogen) atoms. The Labute approximate surface area is 204 Å². The molecule has 0 saturated heterocycles. The Kier molecular flexibility index (Phi) is 7.76. The highest BCUT2D eigenvalue weighted by atomic mass is 127. The van der Waals surface area contributed by atoms with Crippen molar-refractivity contribution in [3.8, 4) is 0 Å². The molecule has 1 N–H and O–H groups in total.